The Morgan fingerprint density at radius 2 is 1.78 bits per heavy atom. The molecule has 3 aromatic carbocycles. The van der Waals surface area contributed by atoms with Crippen molar-refractivity contribution in [3.05, 3.63) is 82.4 Å². The molecule has 0 atom stereocenters. The zero-order valence-corrected chi connectivity index (χ0v) is 17.4. The highest BCUT2D eigenvalue weighted by Crippen LogP contribution is 2.31. The molecule has 0 aliphatic rings. The third-order valence-corrected chi connectivity index (χ3v) is 5.13. The first-order valence-electron chi connectivity index (χ1n) is 9.56. The average Bonchev–Trinajstić information content (AvgIpc) is 2.78. The van der Waals surface area contributed by atoms with Gasteiger partial charge in [-0.3, -0.25) is 4.79 Å². The van der Waals surface area contributed by atoms with E-state index in [2.05, 4.69) is 15.3 Å². The maximum atomic E-state index is 12.8. The van der Waals surface area contributed by atoms with E-state index in [4.69, 9.17) is 23.1 Å². The monoisotopic (exact) mass is 447 g/mol. The molecule has 8 nitrogen and oxygen atoms in total. The highest BCUT2D eigenvalue weighted by atomic mass is 35.5. The van der Waals surface area contributed by atoms with Crippen molar-refractivity contribution in [3.8, 4) is 11.3 Å². The quantitative estimate of drug-likeness (QED) is 0.362. The lowest BCUT2D eigenvalue weighted by molar-refractivity contribution is 0.0697. The van der Waals surface area contributed by atoms with E-state index in [1.54, 1.807) is 30.3 Å². The van der Waals surface area contributed by atoms with Gasteiger partial charge in [0.2, 0.25) is 5.95 Å². The van der Waals surface area contributed by atoms with Gasteiger partial charge in [0.1, 0.15) is 0 Å². The number of anilines is 2. The van der Waals surface area contributed by atoms with Crippen molar-refractivity contribution in [2.24, 2.45) is 5.73 Å². The molecule has 0 unspecified atom stereocenters. The Kier molecular flexibility index (Phi) is 5.72. The molecule has 9 heteroatoms. The van der Waals surface area contributed by atoms with Crippen LogP contribution in [0.5, 0.6) is 0 Å². The number of nitrogens with one attached hydrogen (secondary N) is 1. The summed E-state index contributed by atoms with van der Waals surface area (Å²) in [6.45, 7) is 0.184. The lowest BCUT2D eigenvalue weighted by Gasteiger charge is -2.14. The summed E-state index contributed by atoms with van der Waals surface area (Å²) in [7, 11) is 0. The van der Waals surface area contributed by atoms with Gasteiger partial charge in [0.15, 0.2) is 0 Å². The van der Waals surface area contributed by atoms with Crippen molar-refractivity contribution < 1.29 is 14.7 Å². The van der Waals surface area contributed by atoms with E-state index in [0.29, 0.717) is 38.4 Å². The Bertz CT molecular complexity index is 1370. The second-order valence-electron chi connectivity index (χ2n) is 7.01. The fourth-order valence-electron chi connectivity index (χ4n) is 3.34. The fourth-order valence-corrected chi connectivity index (χ4v) is 3.52. The van der Waals surface area contributed by atoms with Crippen LogP contribution in [0.25, 0.3) is 22.2 Å². The number of hydrogen-bond donors (Lipinski definition) is 4. The summed E-state index contributed by atoms with van der Waals surface area (Å²) in [4.78, 5) is 32.6. The van der Waals surface area contributed by atoms with Gasteiger partial charge < -0.3 is 21.9 Å². The summed E-state index contributed by atoms with van der Waals surface area (Å²) in [6.07, 6.45) is 0. The van der Waals surface area contributed by atoms with Crippen LogP contribution in [0.2, 0.25) is 5.02 Å². The van der Waals surface area contributed by atoms with Crippen LogP contribution in [0, 0.1) is 0 Å². The molecule has 0 radical (unpaired) electrons. The van der Waals surface area contributed by atoms with Gasteiger partial charge in [0.05, 0.1) is 16.8 Å². The molecule has 32 heavy (non-hydrogen) atoms. The molecular weight excluding hydrogens is 430 g/mol. The predicted octanol–water partition coefficient (Wildman–Crippen LogP) is 3.94. The summed E-state index contributed by atoms with van der Waals surface area (Å²) < 4.78 is 0. The second-order valence-corrected chi connectivity index (χ2v) is 7.44. The van der Waals surface area contributed by atoms with Crippen LogP contribution in [-0.2, 0) is 6.54 Å². The van der Waals surface area contributed by atoms with Gasteiger partial charge in [-0.1, -0.05) is 29.8 Å². The number of rotatable bonds is 5. The van der Waals surface area contributed by atoms with Gasteiger partial charge >= 0.3 is 5.97 Å². The van der Waals surface area contributed by atoms with Gasteiger partial charge in [-0.15, -0.1) is 0 Å². The minimum Gasteiger partial charge on any atom is -0.478 e. The number of carbonyl (C=O) groups excluding carboxylic acids is 1. The third-order valence-electron chi connectivity index (χ3n) is 4.90. The Balaban J connectivity index is 1.77. The van der Waals surface area contributed by atoms with Crippen LogP contribution in [0.3, 0.4) is 0 Å². The Hall–Kier alpha value is -4.01. The van der Waals surface area contributed by atoms with Gasteiger partial charge in [0.25, 0.3) is 5.91 Å². The van der Waals surface area contributed by atoms with Crippen molar-refractivity contribution in [1.29, 1.82) is 0 Å². The number of nitrogen functional groups attached to an aromatic ring is 1. The summed E-state index contributed by atoms with van der Waals surface area (Å²) in [5.74, 6) is -1.47. The molecule has 0 saturated carbocycles. The van der Waals surface area contributed by atoms with Gasteiger partial charge in [-0.05, 0) is 48.0 Å². The summed E-state index contributed by atoms with van der Waals surface area (Å²) >= 11 is 6.17. The molecule has 0 aliphatic carbocycles. The molecule has 4 rings (SSSR count). The topological polar surface area (TPSA) is 144 Å². The van der Waals surface area contributed by atoms with E-state index >= 15 is 0 Å². The minimum atomic E-state index is -1.11. The number of aromatic carboxylic acids is 1. The lowest BCUT2D eigenvalue weighted by atomic mass is 10.0. The predicted molar refractivity (Wildman–Crippen MR) is 124 cm³/mol. The normalized spacial score (nSPS) is 10.8. The summed E-state index contributed by atoms with van der Waals surface area (Å²) in [6, 6.07) is 16.3. The molecule has 0 fully saturated rings. The second kappa shape index (κ2) is 8.62. The number of fused-ring (bicyclic) bond motifs is 1. The van der Waals surface area contributed by atoms with Crippen molar-refractivity contribution in [2.75, 3.05) is 11.1 Å². The van der Waals surface area contributed by atoms with Crippen LogP contribution < -0.4 is 16.8 Å². The highest BCUT2D eigenvalue weighted by molar-refractivity contribution is 6.31. The standard InChI is InChI=1S/C23H18ClN5O3/c24-16-6-7-18-17(10-16)20(29-23(26)28-18)12-4-5-15(11-25)19(9-12)27-21(30)13-2-1-3-14(8-13)22(31)32/h1-10H,11,25H2,(H,27,30)(H,31,32)(H2,26,28,29). The summed E-state index contributed by atoms with van der Waals surface area (Å²) in [5.41, 5.74) is 15.0. The number of carboxylic acid groups (broad SMARTS) is 1. The first-order chi connectivity index (χ1) is 15.4. The van der Waals surface area contributed by atoms with Crippen LogP contribution in [-0.4, -0.2) is 27.0 Å². The fraction of sp³-hybridized carbons (Fsp3) is 0.0435. The molecule has 1 heterocycles. The first kappa shape index (κ1) is 21.2. The molecule has 0 spiro atoms. The van der Waals surface area contributed by atoms with E-state index in [9.17, 15) is 14.7 Å². The minimum absolute atomic E-state index is 0.0188. The van der Waals surface area contributed by atoms with E-state index in [1.165, 1.54) is 24.3 Å². The number of nitrogens with two attached hydrogens (primary N) is 2. The zero-order chi connectivity index (χ0) is 22.8. The molecule has 6 N–H and O–H groups in total. The molecule has 1 amide bonds. The van der Waals surface area contributed by atoms with Crippen LogP contribution >= 0.6 is 11.6 Å². The highest BCUT2D eigenvalue weighted by Gasteiger charge is 2.15. The van der Waals surface area contributed by atoms with Crippen molar-refractivity contribution >= 4 is 46.0 Å². The van der Waals surface area contributed by atoms with Gasteiger partial charge in [-0.25, -0.2) is 14.8 Å². The number of nitrogens with zero attached hydrogens (tertiary/aromatic N) is 2. The number of aromatic nitrogens is 2. The molecule has 1 aromatic heterocycles. The number of amides is 1. The number of carbonyl (C=O) groups is 2. The first-order valence-corrected chi connectivity index (χ1v) is 9.94. The number of halogens is 1. The van der Waals surface area contributed by atoms with E-state index in [0.717, 1.165) is 0 Å². The molecule has 0 bridgehead atoms. The van der Waals surface area contributed by atoms with E-state index < -0.39 is 11.9 Å². The van der Waals surface area contributed by atoms with Gasteiger partial charge in [-0.2, -0.15) is 0 Å². The maximum Gasteiger partial charge on any atom is 0.335 e. The van der Waals surface area contributed by atoms with Gasteiger partial charge in [0, 0.05) is 33.8 Å². The lowest BCUT2D eigenvalue weighted by Crippen LogP contribution is -2.15. The zero-order valence-electron chi connectivity index (χ0n) is 16.7. The van der Waals surface area contributed by atoms with Crippen LogP contribution in [0.15, 0.2) is 60.7 Å². The molecule has 0 saturated heterocycles. The Morgan fingerprint density at radius 1 is 1.00 bits per heavy atom. The number of carboxylic acids is 1. The Morgan fingerprint density at radius 3 is 2.53 bits per heavy atom. The average molecular weight is 448 g/mol. The van der Waals surface area contributed by atoms with Crippen molar-refractivity contribution in [3.63, 3.8) is 0 Å². The SMILES string of the molecule is NCc1ccc(-c2nc(N)nc3ccc(Cl)cc23)cc1NC(=O)c1cccc(C(=O)O)c1. The molecular formula is C23H18ClN5O3. The molecule has 4 aromatic rings. The van der Waals surface area contributed by atoms with Crippen LogP contribution in [0.4, 0.5) is 11.6 Å². The number of benzene rings is 3. The largest absolute Gasteiger partial charge is 0.478 e. The van der Waals surface area contributed by atoms with E-state index in [-0.39, 0.29) is 23.6 Å². The Labute approximate surface area is 187 Å². The molecule has 0 aliphatic heterocycles. The van der Waals surface area contributed by atoms with Crippen molar-refractivity contribution in [1.82, 2.24) is 9.97 Å². The third kappa shape index (κ3) is 4.22. The molecule has 160 valence electrons. The van der Waals surface area contributed by atoms with E-state index in [1.807, 2.05) is 6.07 Å². The maximum absolute atomic E-state index is 12.8. The van der Waals surface area contributed by atoms with Crippen LogP contribution in [0.1, 0.15) is 26.3 Å². The smallest absolute Gasteiger partial charge is 0.335 e. The summed E-state index contributed by atoms with van der Waals surface area (Å²) in [5, 5.41) is 13.2. The van der Waals surface area contributed by atoms with Crippen molar-refractivity contribution in [2.45, 2.75) is 6.54 Å². The number of hydrogen-bond acceptors (Lipinski definition) is 6.